The fraction of sp³-hybridized carbons (Fsp3) is 0.571. The van der Waals surface area contributed by atoms with Crippen LogP contribution in [0.25, 0.3) is 11.0 Å². The first-order valence-corrected chi connectivity index (χ1v) is 10.4. The number of allylic oxidation sites excluding steroid dienone is 1. The van der Waals surface area contributed by atoms with Crippen LogP contribution in [0, 0.1) is 0 Å². The molecule has 9 heteroatoms. The highest BCUT2D eigenvalue weighted by molar-refractivity contribution is 5.92. The second-order valence-corrected chi connectivity index (χ2v) is 8.53. The number of ether oxygens (including phenoxy) is 1. The van der Waals surface area contributed by atoms with E-state index in [-0.39, 0.29) is 32.1 Å². The second-order valence-electron chi connectivity index (χ2n) is 8.53. The van der Waals surface area contributed by atoms with Crippen molar-refractivity contribution < 1.29 is 18.3 Å². The number of hydrogen-bond donors (Lipinski definition) is 1. The van der Waals surface area contributed by atoms with Crippen LogP contribution in [0.5, 0.6) is 0 Å². The van der Waals surface area contributed by atoms with Gasteiger partial charge in [-0.05, 0) is 37.3 Å². The van der Waals surface area contributed by atoms with Crippen LogP contribution in [0.2, 0.25) is 0 Å². The maximum Gasteiger partial charge on any atom is 0.246 e. The van der Waals surface area contributed by atoms with Crippen LogP contribution in [0.4, 0.5) is 14.6 Å². The van der Waals surface area contributed by atoms with Crippen molar-refractivity contribution >= 4 is 22.8 Å². The normalized spacial score (nSPS) is 30.0. The number of carbonyl (C=O) groups is 1. The molecule has 0 saturated carbocycles. The minimum atomic E-state index is -2.13. The molecule has 0 unspecified atom stereocenters. The second kappa shape index (κ2) is 7.01. The summed E-state index contributed by atoms with van der Waals surface area (Å²) in [5, 5.41) is 0.832. The first-order chi connectivity index (χ1) is 14.4. The summed E-state index contributed by atoms with van der Waals surface area (Å²) in [6.07, 6.45) is 8.07. The number of alkyl halides is 2. The third-order valence-corrected chi connectivity index (χ3v) is 6.63. The topological polar surface area (TPSA) is 74.4 Å². The van der Waals surface area contributed by atoms with E-state index in [1.54, 1.807) is 17.9 Å². The van der Waals surface area contributed by atoms with Crippen LogP contribution >= 0.6 is 0 Å². The van der Waals surface area contributed by atoms with Crippen LogP contribution in [-0.2, 0) is 9.53 Å². The molecular formula is C21H25F2N5O2. The molecule has 0 bridgehead atoms. The van der Waals surface area contributed by atoms with E-state index in [4.69, 9.17) is 4.74 Å². The molecule has 0 aliphatic carbocycles. The molecule has 5 heterocycles. The summed E-state index contributed by atoms with van der Waals surface area (Å²) in [5.41, 5.74) is -2.51. The Morgan fingerprint density at radius 3 is 2.57 bits per heavy atom. The van der Waals surface area contributed by atoms with Crippen molar-refractivity contribution in [3.63, 3.8) is 0 Å². The molecule has 3 aliphatic rings. The number of H-pyrrole nitrogens is 1. The Bertz CT molecular complexity index is 984. The van der Waals surface area contributed by atoms with E-state index in [2.05, 4.69) is 15.0 Å². The van der Waals surface area contributed by atoms with Crippen LogP contribution in [0.1, 0.15) is 31.2 Å². The number of aromatic amines is 1. The molecule has 3 saturated heterocycles. The van der Waals surface area contributed by atoms with Crippen LogP contribution < -0.4 is 4.90 Å². The largest absolute Gasteiger partial charge is 0.381 e. The molecule has 3 aliphatic heterocycles. The number of amides is 1. The molecule has 1 amide bonds. The first kappa shape index (κ1) is 19.4. The minimum absolute atomic E-state index is 0.145. The molecule has 5 rings (SSSR count). The van der Waals surface area contributed by atoms with E-state index < -0.39 is 11.3 Å². The zero-order valence-electron chi connectivity index (χ0n) is 16.9. The Kier molecular flexibility index (Phi) is 4.53. The van der Waals surface area contributed by atoms with Gasteiger partial charge in [0.25, 0.3) is 0 Å². The van der Waals surface area contributed by atoms with Gasteiger partial charge in [0.15, 0.2) is 11.3 Å². The number of nitrogens with one attached hydrogen (secondary N) is 1. The van der Waals surface area contributed by atoms with E-state index in [1.807, 2.05) is 6.20 Å². The number of rotatable bonds is 3. The summed E-state index contributed by atoms with van der Waals surface area (Å²) in [5.74, 6) is 0.494. The number of aromatic nitrogens is 3. The molecule has 1 N–H and O–H groups in total. The van der Waals surface area contributed by atoms with E-state index in [0.29, 0.717) is 30.6 Å². The lowest BCUT2D eigenvalue weighted by atomic mass is 9.92. The van der Waals surface area contributed by atoms with Gasteiger partial charge in [-0.2, -0.15) is 0 Å². The Morgan fingerprint density at radius 2 is 1.90 bits per heavy atom. The molecule has 0 spiro atoms. The van der Waals surface area contributed by atoms with Gasteiger partial charge in [-0.1, -0.05) is 6.08 Å². The van der Waals surface area contributed by atoms with Crippen molar-refractivity contribution in [3.8, 4) is 0 Å². The Labute approximate surface area is 173 Å². The predicted molar refractivity (Wildman–Crippen MR) is 108 cm³/mol. The van der Waals surface area contributed by atoms with Gasteiger partial charge in [0.2, 0.25) is 5.91 Å². The number of nitrogens with zero attached hydrogens (tertiary/aromatic N) is 4. The van der Waals surface area contributed by atoms with Crippen LogP contribution in [-0.4, -0.2) is 76.5 Å². The summed E-state index contributed by atoms with van der Waals surface area (Å²) in [4.78, 5) is 27.0. The fourth-order valence-corrected chi connectivity index (χ4v) is 5.08. The summed E-state index contributed by atoms with van der Waals surface area (Å²) in [6, 6.07) is 0. The molecule has 7 nitrogen and oxygen atoms in total. The lowest BCUT2D eigenvalue weighted by Gasteiger charge is -2.25. The lowest BCUT2D eigenvalue weighted by molar-refractivity contribution is -0.125. The van der Waals surface area contributed by atoms with E-state index >= 15 is 8.78 Å². The molecular weight excluding hydrogens is 392 g/mol. The quantitative estimate of drug-likeness (QED) is 0.777. The van der Waals surface area contributed by atoms with E-state index in [1.165, 1.54) is 17.3 Å². The molecule has 3 fully saturated rings. The van der Waals surface area contributed by atoms with Crippen molar-refractivity contribution in [2.75, 3.05) is 44.3 Å². The SMILES string of the molecule is C/C=C\C(=O)N1C[C@@]2(F)CN(c3ncnc4[nH]cc(C5CCOCC5)c34)C[C@@]2(F)C1. The predicted octanol–water partition coefficient (Wildman–Crippen LogP) is 2.51. The van der Waals surface area contributed by atoms with Crippen LogP contribution in [0.3, 0.4) is 0 Å². The third kappa shape index (κ3) is 2.90. The Hall–Kier alpha value is -2.55. The Morgan fingerprint density at radius 1 is 1.20 bits per heavy atom. The summed E-state index contributed by atoms with van der Waals surface area (Å²) >= 11 is 0. The summed E-state index contributed by atoms with van der Waals surface area (Å²) < 4.78 is 37.0. The van der Waals surface area contributed by atoms with Crippen molar-refractivity contribution in [2.45, 2.75) is 37.0 Å². The van der Waals surface area contributed by atoms with Gasteiger partial charge in [-0.25, -0.2) is 18.7 Å². The average molecular weight is 417 g/mol. The highest BCUT2D eigenvalue weighted by atomic mass is 19.2. The number of fused-ring (bicyclic) bond motifs is 2. The molecule has 30 heavy (non-hydrogen) atoms. The highest BCUT2D eigenvalue weighted by Crippen LogP contribution is 2.47. The van der Waals surface area contributed by atoms with Gasteiger partial charge >= 0.3 is 0 Å². The van der Waals surface area contributed by atoms with Gasteiger partial charge < -0.3 is 19.5 Å². The molecule has 0 aromatic carbocycles. The Balaban J connectivity index is 1.47. The fourth-order valence-electron chi connectivity index (χ4n) is 5.08. The van der Waals surface area contributed by atoms with E-state index in [0.717, 1.165) is 23.8 Å². The van der Waals surface area contributed by atoms with Crippen molar-refractivity contribution in [1.29, 1.82) is 0 Å². The van der Waals surface area contributed by atoms with Gasteiger partial charge in [-0.15, -0.1) is 0 Å². The lowest BCUT2D eigenvalue weighted by Crippen LogP contribution is -2.44. The minimum Gasteiger partial charge on any atom is -0.381 e. The summed E-state index contributed by atoms with van der Waals surface area (Å²) in [7, 11) is 0. The zero-order chi connectivity index (χ0) is 20.9. The van der Waals surface area contributed by atoms with Crippen LogP contribution in [0.15, 0.2) is 24.7 Å². The number of hydrogen-bond acceptors (Lipinski definition) is 5. The maximum absolute atomic E-state index is 15.7. The highest BCUT2D eigenvalue weighted by Gasteiger charge is 2.66. The van der Waals surface area contributed by atoms with Gasteiger partial charge in [0.05, 0.1) is 31.6 Å². The van der Waals surface area contributed by atoms with Gasteiger partial charge in [0, 0.05) is 19.4 Å². The van der Waals surface area contributed by atoms with Gasteiger partial charge in [0.1, 0.15) is 17.8 Å². The summed E-state index contributed by atoms with van der Waals surface area (Å²) in [6.45, 7) is 2.30. The molecule has 2 aromatic heterocycles. The number of carbonyl (C=O) groups excluding carboxylic acids is 1. The van der Waals surface area contributed by atoms with Crippen molar-refractivity contribution in [3.05, 3.63) is 30.2 Å². The number of halogens is 2. The zero-order valence-corrected chi connectivity index (χ0v) is 16.9. The van der Waals surface area contributed by atoms with Crippen molar-refractivity contribution in [1.82, 2.24) is 19.9 Å². The molecule has 2 aromatic rings. The monoisotopic (exact) mass is 417 g/mol. The average Bonchev–Trinajstić information content (AvgIpc) is 3.35. The molecule has 2 atom stereocenters. The smallest absolute Gasteiger partial charge is 0.246 e. The van der Waals surface area contributed by atoms with E-state index in [9.17, 15) is 4.79 Å². The van der Waals surface area contributed by atoms with Crippen molar-refractivity contribution in [2.24, 2.45) is 0 Å². The molecule has 0 radical (unpaired) electrons. The first-order valence-electron chi connectivity index (χ1n) is 10.4. The standard InChI is InChI=1S/C21H25F2N5O2/c1-2-3-16(29)27-9-20(22)11-28(12-21(20,23)10-27)19-17-15(14-4-6-30-7-5-14)8-24-18(17)25-13-26-19/h2-3,8,13-14H,4-7,9-12H2,1H3,(H,24,25,26)/b3-2-/t20-,21+. The number of likely N-dealkylation sites (tertiary alicyclic amines) is 1. The third-order valence-electron chi connectivity index (χ3n) is 6.63. The molecule has 160 valence electrons. The maximum atomic E-state index is 15.7. The van der Waals surface area contributed by atoms with Gasteiger partial charge in [-0.3, -0.25) is 4.79 Å². The number of anilines is 1.